The van der Waals surface area contributed by atoms with Crippen LogP contribution < -0.4 is 25.9 Å². The van der Waals surface area contributed by atoms with Crippen molar-refractivity contribution in [3.8, 4) is 34.8 Å². The van der Waals surface area contributed by atoms with Crippen LogP contribution in [0.4, 0.5) is 0 Å². The molecule has 5 aromatic rings. The van der Waals surface area contributed by atoms with E-state index in [2.05, 4.69) is 28.8 Å². The van der Waals surface area contributed by atoms with Gasteiger partial charge in [-0.2, -0.15) is 5.26 Å². The van der Waals surface area contributed by atoms with E-state index in [4.69, 9.17) is 9.47 Å². The number of hydrogen-bond donors (Lipinski definition) is 0. The first kappa shape index (κ1) is 14.8. The molecule has 4 heterocycles. The molecule has 0 aliphatic carbocycles. The van der Waals surface area contributed by atoms with Crippen LogP contribution in [0.2, 0.25) is 0 Å². The molecule has 3 aliphatic rings. The van der Waals surface area contributed by atoms with E-state index in [0.717, 1.165) is 61.4 Å². The van der Waals surface area contributed by atoms with Gasteiger partial charge in [-0.05, 0) is 47.3 Å². The van der Waals surface area contributed by atoms with E-state index in [1.807, 2.05) is 48.5 Å². The fourth-order valence-electron chi connectivity index (χ4n) is 5.63. The Morgan fingerprint density at radius 1 is 0.767 bits per heavy atom. The molecule has 4 nitrogen and oxygen atoms in total. The average molecular weight is 382 g/mol. The van der Waals surface area contributed by atoms with Crippen molar-refractivity contribution in [1.29, 1.82) is 5.26 Å². The molecule has 5 heteroatoms. The molecule has 0 saturated carbocycles. The molecule has 1 aromatic heterocycles. The Balaban J connectivity index is 1.71. The highest BCUT2D eigenvalue weighted by molar-refractivity contribution is 7.00. The monoisotopic (exact) mass is 382 g/mol. The van der Waals surface area contributed by atoms with Gasteiger partial charge in [-0.15, -0.1) is 0 Å². The van der Waals surface area contributed by atoms with E-state index < -0.39 is 0 Å². The van der Waals surface area contributed by atoms with Crippen LogP contribution in [0.5, 0.6) is 23.0 Å². The lowest BCUT2D eigenvalue weighted by Crippen LogP contribution is -2.60. The summed E-state index contributed by atoms with van der Waals surface area (Å²) in [5.41, 5.74) is 7.29. The molecule has 0 radical (unpaired) electrons. The molecule has 0 fully saturated rings. The van der Waals surface area contributed by atoms with Crippen LogP contribution in [-0.2, 0) is 0 Å². The van der Waals surface area contributed by atoms with Gasteiger partial charge in [-0.1, -0.05) is 30.3 Å². The van der Waals surface area contributed by atoms with Crippen molar-refractivity contribution in [3.05, 3.63) is 72.3 Å². The second-order valence-electron chi connectivity index (χ2n) is 8.02. The summed E-state index contributed by atoms with van der Waals surface area (Å²) in [6.07, 6.45) is 0. The summed E-state index contributed by atoms with van der Waals surface area (Å²) in [5, 5.41) is 12.1. The van der Waals surface area contributed by atoms with Crippen LogP contribution in [0, 0.1) is 11.3 Å². The summed E-state index contributed by atoms with van der Waals surface area (Å²) in [6.45, 7) is 0.0342. The number of rotatable bonds is 0. The van der Waals surface area contributed by atoms with Crippen LogP contribution in [0.15, 0.2) is 66.7 Å². The molecule has 0 saturated heterocycles. The Bertz CT molecular complexity index is 1680. The van der Waals surface area contributed by atoms with E-state index in [0.29, 0.717) is 5.56 Å². The molecule has 3 aliphatic heterocycles. The predicted octanol–water partition coefficient (Wildman–Crippen LogP) is 3.70. The first-order valence-electron chi connectivity index (χ1n) is 9.97. The number of benzene rings is 4. The molecule has 0 amide bonds. The highest BCUT2D eigenvalue weighted by Crippen LogP contribution is 2.43. The number of nitrogens with zero attached hydrogens (tertiary/aromatic N) is 2. The highest BCUT2D eigenvalue weighted by Gasteiger charge is 2.46. The second kappa shape index (κ2) is 4.69. The van der Waals surface area contributed by atoms with Crippen LogP contribution in [0.3, 0.4) is 0 Å². The molecule has 8 rings (SSSR count). The van der Waals surface area contributed by atoms with Gasteiger partial charge in [-0.25, -0.2) is 0 Å². The lowest BCUT2D eigenvalue weighted by atomic mass is 9.33. The topological polar surface area (TPSA) is 47.2 Å². The van der Waals surface area contributed by atoms with E-state index in [-0.39, 0.29) is 6.71 Å². The molecule has 0 unspecified atom stereocenters. The Kier molecular flexibility index (Phi) is 2.31. The number of fused-ring (bicyclic) bond motifs is 4. The third-order valence-electron chi connectivity index (χ3n) is 6.68. The third-order valence-corrected chi connectivity index (χ3v) is 6.68. The first-order chi connectivity index (χ1) is 14.8. The van der Waals surface area contributed by atoms with Crippen molar-refractivity contribution in [1.82, 2.24) is 4.57 Å². The van der Waals surface area contributed by atoms with E-state index in [1.165, 1.54) is 5.46 Å². The molecule has 0 bridgehead atoms. The Hall–Kier alpha value is -4.17. The van der Waals surface area contributed by atoms with Gasteiger partial charge < -0.3 is 14.0 Å². The molecule has 4 aromatic carbocycles. The Morgan fingerprint density at radius 3 is 2.33 bits per heavy atom. The number of nitriles is 1. The van der Waals surface area contributed by atoms with Gasteiger partial charge in [0.2, 0.25) is 0 Å². The number of hydrogen-bond acceptors (Lipinski definition) is 3. The molecular formula is C25H11BN2O2. The van der Waals surface area contributed by atoms with Gasteiger partial charge in [0, 0.05) is 21.9 Å². The Labute approximate surface area is 171 Å². The molecule has 136 valence electrons. The Morgan fingerprint density at radius 2 is 1.50 bits per heavy atom. The van der Waals surface area contributed by atoms with Crippen molar-refractivity contribution in [2.24, 2.45) is 0 Å². The number of ether oxygens (including phenoxy) is 2. The van der Waals surface area contributed by atoms with Crippen LogP contribution >= 0.6 is 0 Å². The standard InChI is InChI=1S/C25H11BN2O2/c27-12-13-11-20-24-25-21(13)14-5-1-2-6-15(14)28(25)16-7-3-8-17-22(16)26(24)23-18(29-17)9-4-10-19(23)30-20/h1-11H. The van der Waals surface area contributed by atoms with Crippen molar-refractivity contribution in [2.45, 2.75) is 0 Å². The van der Waals surface area contributed by atoms with E-state index in [9.17, 15) is 5.26 Å². The third kappa shape index (κ3) is 1.44. The second-order valence-corrected chi connectivity index (χ2v) is 8.02. The smallest absolute Gasteiger partial charge is 0.266 e. The van der Waals surface area contributed by atoms with Gasteiger partial charge in [-0.3, -0.25) is 0 Å². The minimum Gasteiger partial charge on any atom is -0.458 e. The minimum absolute atomic E-state index is 0.0342. The van der Waals surface area contributed by atoms with E-state index >= 15 is 0 Å². The van der Waals surface area contributed by atoms with Crippen LogP contribution in [0.1, 0.15) is 5.56 Å². The van der Waals surface area contributed by atoms with Gasteiger partial charge in [0.15, 0.2) is 0 Å². The van der Waals surface area contributed by atoms with Crippen molar-refractivity contribution in [3.63, 3.8) is 0 Å². The van der Waals surface area contributed by atoms with Gasteiger partial charge in [0.05, 0.1) is 22.7 Å². The SMILES string of the molecule is N#Cc1cc2c3c4c1c1ccccc1n4-c1cccc4c1B3c1c(cccc1O2)O4. The van der Waals surface area contributed by atoms with Crippen molar-refractivity contribution < 1.29 is 9.47 Å². The first-order valence-corrected chi connectivity index (χ1v) is 9.97. The summed E-state index contributed by atoms with van der Waals surface area (Å²) in [6, 6.07) is 24.8. The lowest BCUT2D eigenvalue weighted by molar-refractivity contribution is 0.464. The average Bonchev–Trinajstić information content (AvgIpc) is 3.14. The zero-order valence-corrected chi connectivity index (χ0v) is 15.6. The normalized spacial score (nSPS) is 13.8. The molecule has 0 atom stereocenters. The summed E-state index contributed by atoms with van der Waals surface area (Å²) in [7, 11) is 0. The van der Waals surface area contributed by atoms with Gasteiger partial charge in [0.25, 0.3) is 6.71 Å². The number of para-hydroxylation sites is 1. The highest BCUT2D eigenvalue weighted by atomic mass is 16.5. The summed E-state index contributed by atoms with van der Waals surface area (Å²) >= 11 is 0. The minimum atomic E-state index is 0.0342. The molecule has 0 N–H and O–H groups in total. The predicted molar refractivity (Wildman–Crippen MR) is 117 cm³/mol. The molecule has 30 heavy (non-hydrogen) atoms. The maximum atomic E-state index is 10.00. The molecular weight excluding hydrogens is 371 g/mol. The molecule has 0 spiro atoms. The lowest BCUT2D eigenvalue weighted by Gasteiger charge is -2.37. The summed E-state index contributed by atoms with van der Waals surface area (Å²) in [5.74, 6) is 3.30. The fraction of sp³-hybridized carbons (Fsp3) is 0. The quantitative estimate of drug-likeness (QED) is 0.376. The van der Waals surface area contributed by atoms with E-state index in [1.54, 1.807) is 0 Å². The number of aromatic nitrogens is 1. The largest absolute Gasteiger partial charge is 0.458 e. The van der Waals surface area contributed by atoms with Gasteiger partial charge >= 0.3 is 0 Å². The zero-order chi connectivity index (χ0) is 19.6. The zero-order valence-electron chi connectivity index (χ0n) is 15.6. The van der Waals surface area contributed by atoms with Gasteiger partial charge in [0.1, 0.15) is 23.0 Å². The maximum absolute atomic E-state index is 10.00. The fourth-order valence-corrected chi connectivity index (χ4v) is 5.63. The summed E-state index contributed by atoms with van der Waals surface area (Å²) in [4.78, 5) is 0. The van der Waals surface area contributed by atoms with Crippen LogP contribution in [-0.4, -0.2) is 11.3 Å². The maximum Gasteiger partial charge on any atom is 0.266 e. The summed E-state index contributed by atoms with van der Waals surface area (Å²) < 4.78 is 15.0. The van der Waals surface area contributed by atoms with Crippen molar-refractivity contribution in [2.75, 3.05) is 0 Å². The van der Waals surface area contributed by atoms with Crippen LogP contribution in [0.25, 0.3) is 27.5 Å². The van der Waals surface area contributed by atoms with Crippen molar-refractivity contribution >= 4 is 44.9 Å².